The second-order valence-corrected chi connectivity index (χ2v) is 9.25. The van der Waals surface area contributed by atoms with Crippen molar-refractivity contribution in [3.05, 3.63) is 84.3 Å². The molecule has 6 rings (SSSR count). The van der Waals surface area contributed by atoms with Gasteiger partial charge in [0.1, 0.15) is 5.69 Å². The van der Waals surface area contributed by atoms with E-state index in [4.69, 9.17) is 13.9 Å². The summed E-state index contributed by atoms with van der Waals surface area (Å²) in [5, 5.41) is 7.86. The van der Waals surface area contributed by atoms with Crippen LogP contribution < -0.4 is 14.8 Å². The lowest BCUT2D eigenvalue weighted by Gasteiger charge is -2.34. The third kappa shape index (κ3) is 5.37. The third-order valence-corrected chi connectivity index (χ3v) is 6.69. The fourth-order valence-corrected chi connectivity index (χ4v) is 4.66. The van der Waals surface area contributed by atoms with Gasteiger partial charge >= 0.3 is 0 Å². The molecule has 4 aromatic rings. The van der Waals surface area contributed by atoms with Gasteiger partial charge < -0.3 is 24.1 Å². The Labute approximate surface area is 215 Å². The van der Waals surface area contributed by atoms with Crippen molar-refractivity contribution in [1.82, 2.24) is 24.9 Å². The van der Waals surface area contributed by atoms with Gasteiger partial charge in [-0.1, -0.05) is 24.3 Å². The number of ether oxygens (including phenoxy) is 2. The summed E-state index contributed by atoms with van der Waals surface area (Å²) < 4.78 is 18.4. The van der Waals surface area contributed by atoms with Gasteiger partial charge in [-0.3, -0.25) is 9.69 Å². The summed E-state index contributed by atoms with van der Waals surface area (Å²) >= 11 is 0. The van der Waals surface area contributed by atoms with Crippen molar-refractivity contribution >= 4 is 5.91 Å². The zero-order chi connectivity index (χ0) is 25.0. The Balaban J connectivity index is 0.945. The average Bonchev–Trinajstić information content (AvgIpc) is 3.70. The van der Waals surface area contributed by atoms with Gasteiger partial charge in [-0.15, -0.1) is 0 Å². The van der Waals surface area contributed by atoms with Crippen molar-refractivity contribution < 1.29 is 18.7 Å². The van der Waals surface area contributed by atoms with Crippen molar-refractivity contribution in [2.45, 2.75) is 13.1 Å². The van der Waals surface area contributed by atoms with Gasteiger partial charge in [0.05, 0.1) is 18.5 Å². The Kier molecular flexibility index (Phi) is 6.62. The molecule has 4 heterocycles. The molecule has 190 valence electrons. The van der Waals surface area contributed by atoms with Crippen LogP contribution in [0.15, 0.2) is 77.5 Å². The molecule has 2 aromatic carbocycles. The van der Waals surface area contributed by atoms with E-state index in [2.05, 4.69) is 21.4 Å². The molecule has 9 heteroatoms. The number of nitrogens with zero attached hydrogens (tertiary/aromatic N) is 4. The molecular weight excluding hydrogens is 470 g/mol. The number of carbonyl (C=O) groups is 1. The first-order valence-corrected chi connectivity index (χ1v) is 12.5. The largest absolute Gasteiger partial charge is 0.462 e. The number of hydrogen-bond acceptors (Lipinski definition) is 7. The first-order chi connectivity index (χ1) is 18.2. The van der Waals surface area contributed by atoms with E-state index in [0.717, 1.165) is 61.2 Å². The molecule has 2 aromatic heterocycles. The van der Waals surface area contributed by atoms with Gasteiger partial charge in [0.2, 0.25) is 12.7 Å². The summed E-state index contributed by atoms with van der Waals surface area (Å²) in [5.41, 5.74) is 3.93. The van der Waals surface area contributed by atoms with Crippen molar-refractivity contribution in [1.29, 1.82) is 0 Å². The van der Waals surface area contributed by atoms with Crippen LogP contribution in [-0.4, -0.2) is 65.0 Å². The number of furan rings is 1. The predicted molar refractivity (Wildman–Crippen MR) is 137 cm³/mol. The minimum atomic E-state index is 0.119. The summed E-state index contributed by atoms with van der Waals surface area (Å²) in [5.74, 6) is 2.44. The number of rotatable bonds is 8. The van der Waals surface area contributed by atoms with E-state index in [1.165, 1.54) is 5.56 Å². The van der Waals surface area contributed by atoms with Crippen LogP contribution in [0.1, 0.15) is 11.1 Å². The maximum absolute atomic E-state index is 12.7. The van der Waals surface area contributed by atoms with Gasteiger partial charge in [-0.25, -0.2) is 4.68 Å². The lowest BCUT2D eigenvalue weighted by molar-refractivity contribution is -0.132. The normalized spacial score (nSPS) is 15.3. The SMILES string of the molecule is O=C(CNCc1coc(-c2ccn(-c3ccccc3)n2)c1)N1CCN(Cc2ccc3c(c2)OCO3)CC1. The lowest BCUT2D eigenvalue weighted by atomic mass is 10.1. The van der Waals surface area contributed by atoms with Gasteiger partial charge in [0.15, 0.2) is 17.3 Å². The molecule has 0 unspecified atom stereocenters. The highest BCUT2D eigenvalue weighted by molar-refractivity contribution is 5.78. The highest BCUT2D eigenvalue weighted by Crippen LogP contribution is 2.32. The van der Waals surface area contributed by atoms with Crippen LogP contribution in [0, 0.1) is 0 Å². The fraction of sp³-hybridized carbons (Fsp3) is 0.286. The van der Waals surface area contributed by atoms with Crippen LogP contribution in [0.3, 0.4) is 0 Å². The lowest BCUT2D eigenvalue weighted by Crippen LogP contribution is -2.50. The first-order valence-electron chi connectivity index (χ1n) is 12.5. The van der Waals surface area contributed by atoms with Crippen molar-refractivity contribution in [3.8, 4) is 28.6 Å². The molecule has 0 saturated carbocycles. The van der Waals surface area contributed by atoms with E-state index in [1.54, 1.807) is 6.26 Å². The van der Waals surface area contributed by atoms with Gasteiger partial charge in [-0.05, 0) is 42.0 Å². The molecule has 1 N–H and O–H groups in total. The molecule has 37 heavy (non-hydrogen) atoms. The number of carbonyl (C=O) groups excluding carboxylic acids is 1. The van der Waals surface area contributed by atoms with Crippen LogP contribution >= 0.6 is 0 Å². The van der Waals surface area contributed by atoms with Crippen LogP contribution in [0.4, 0.5) is 0 Å². The molecule has 0 bridgehead atoms. The van der Waals surface area contributed by atoms with E-state index in [-0.39, 0.29) is 12.7 Å². The maximum atomic E-state index is 12.7. The number of fused-ring (bicyclic) bond motifs is 1. The monoisotopic (exact) mass is 499 g/mol. The van der Waals surface area contributed by atoms with Crippen LogP contribution in [0.5, 0.6) is 11.5 Å². The Hall–Kier alpha value is -4.08. The average molecular weight is 500 g/mol. The van der Waals surface area contributed by atoms with Gasteiger partial charge in [0, 0.05) is 51.0 Å². The highest BCUT2D eigenvalue weighted by atomic mass is 16.7. The topological polar surface area (TPSA) is 85.0 Å². The number of para-hydroxylation sites is 1. The smallest absolute Gasteiger partial charge is 0.236 e. The summed E-state index contributed by atoms with van der Waals surface area (Å²) in [6.45, 7) is 5.13. The molecule has 1 saturated heterocycles. The van der Waals surface area contributed by atoms with Crippen molar-refractivity contribution in [2.75, 3.05) is 39.5 Å². The molecular formula is C28H29N5O4. The number of aromatic nitrogens is 2. The summed E-state index contributed by atoms with van der Waals surface area (Å²) in [6.07, 6.45) is 3.63. The first kappa shape index (κ1) is 23.3. The maximum Gasteiger partial charge on any atom is 0.236 e. The molecule has 2 aliphatic heterocycles. The Morgan fingerprint density at radius 1 is 0.919 bits per heavy atom. The second kappa shape index (κ2) is 10.5. The van der Waals surface area contributed by atoms with Gasteiger partial charge in [0.25, 0.3) is 0 Å². The molecule has 0 spiro atoms. The van der Waals surface area contributed by atoms with Crippen molar-refractivity contribution in [2.24, 2.45) is 0 Å². The Morgan fingerprint density at radius 3 is 2.62 bits per heavy atom. The number of benzene rings is 2. The minimum absolute atomic E-state index is 0.119. The third-order valence-electron chi connectivity index (χ3n) is 6.69. The van der Waals surface area contributed by atoms with Crippen LogP contribution in [0.2, 0.25) is 0 Å². The molecule has 0 radical (unpaired) electrons. The standard InChI is InChI=1S/C28H29N5O4/c34-28(32-12-10-31(11-13-32)18-21-6-7-25-27(14-21)37-20-36-25)17-29-16-22-15-26(35-19-22)24-8-9-33(30-24)23-4-2-1-3-5-23/h1-9,14-15,19,29H,10-13,16-18,20H2. The molecule has 2 aliphatic rings. The summed E-state index contributed by atoms with van der Waals surface area (Å²) in [6, 6.07) is 19.9. The molecule has 0 atom stereocenters. The molecule has 9 nitrogen and oxygen atoms in total. The van der Waals surface area contributed by atoms with E-state index in [0.29, 0.717) is 18.8 Å². The quantitative estimate of drug-likeness (QED) is 0.398. The number of hydrogen-bond donors (Lipinski definition) is 1. The fourth-order valence-electron chi connectivity index (χ4n) is 4.66. The predicted octanol–water partition coefficient (Wildman–Crippen LogP) is 3.30. The molecule has 0 aliphatic carbocycles. The van der Waals surface area contributed by atoms with E-state index in [9.17, 15) is 4.79 Å². The van der Waals surface area contributed by atoms with Gasteiger partial charge in [-0.2, -0.15) is 5.10 Å². The number of piperazine rings is 1. The summed E-state index contributed by atoms with van der Waals surface area (Å²) in [4.78, 5) is 17.0. The minimum Gasteiger partial charge on any atom is -0.462 e. The van der Waals surface area contributed by atoms with Crippen LogP contribution in [0.25, 0.3) is 17.1 Å². The Morgan fingerprint density at radius 2 is 1.76 bits per heavy atom. The second-order valence-electron chi connectivity index (χ2n) is 9.25. The van der Waals surface area contributed by atoms with Crippen LogP contribution in [-0.2, 0) is 17.9 Å². The number of amides is 1. The zero-order valence-corrected chi connectivity index (χ0v) is 20.5. The van der Waals surface area contributed by atoms with E-state index in [1.807, 2.05) is 70.4 Å². The number of nitrogens with one attached hydrogen (secondary N) is 1. The molecule has 1 fully saturated rings. The van der Waals surface area contributed by atoms with E-state index >= 15 is 0 Å². The summed E-state index contributed by atoms with van der Waals surface area (Å²) in [7, 11) is 0. The zero-order valence-electron chi connectivity index (χ0n) is 20.5. The Bertz CT molecular complexity index is 1360. The highest BCUT2D eigenvalue weighted by Gasteiger charge is 2.22. The molecule has 1 amide bonds. The van der Waals surface area contributed by atoms with E-state index < -0.39 is 0 Å². The van der Waals surface area contributed by atoms with Crippen molar-refractivity contribution in [3.63, 3.8) is 0 Å².